The topological polar surface area (TPSA) is 0 Å². The molecule has 1 rings (SSSR count). The Morgan fingerprint density at radius 2 is 1.64 bits per heavy atom. The van der Waals surface area contributed by atoms with Crippen LogP contribution in [0.25, 0.3) is 4.48 Å². The molecule has 1 aromatic rings. The molecule has 1 aromatic carbocycles. The smallest absolute Gasteiger partial charge is 0.0749 e. The van der Waals surface area contributed by atoms with Crippen molar-refractivity contribution in [1.82, 2.24) is 0 Å². The van der Waals surface area contributed by atoms with Crippen molar-refractivity contribution in [3.8, 4) is 0 Å². The van der Waals surface area contributed by atoms with E-state index >= 15 is 0 Å². The van der Waals surface area contributed by atoms with Gasteiger partial charge in [0.1, 0.15) is 0 Å². The summed E-state index contributed by atoms with van der Waals surface area (Å²) in [6.45, 7) is 0. The highest BCUT2D eigenvalue weighted by atomic mass is 79.9. The molecule has 0 amide bonds. The van der Waals surface area contributed by atoms with Crippen molar-refractivity contribution in [2.24, 2.45) is 0 Å². The predicted molar refractivity (Wildman–Crippen MR) is 57.1 cm³/mol. The summed E-state index contributed by atoms with van der Waals surface area (Å²) in [6.07, 6.45) is 0. The molecule has 0 aromatic heterocycles. The Morgan fingerprint density at radius 1 is 1.09 bits per heavy atom. The van der Waals surface area contributed by atoms with E-state index in [-0.39, 0.29) is 0 Å². The summed E-state index contributed by atoms with van der Waals surface area (Å²) in [4.78, 5) is 0. The zero-order valence-electron chi connectivity index (χ0n) is 5.52. The molecule has 0 N–H and O–H groups in total. The standard InChI is InChI=1S/C8H5Br2Cl/c9-7(8(10)11)6-4-2-1-3-5-6/h1-5H/b8-7+. The molecule has 0 spiro atoms. The molecule has 58 valence electrons. The molecule has 0 aliphatic carbocycles. The van der Waals surface area contributed by atoms with Crippen LogP contribution in [0.4, 0.5) is 0 Å². The third-order valence-electron chi connectivity index (χ3n) is 1.19. The van der Waals surface area contributed by atoms with Gasteiger partial charge in [0.2, 0.25) is 0 Å². The number of benzene rings is 1. The van der Waals surface area contributed by atoms with Crippen LogP contribution in [-0.4, -0.2) is 0 Å². The highest BCUT2D eigenvalue weighted by Crippen LogP contribution is 2.30. The lowest BCUT2D eigenvalue weighted by molar-refractivity contribution is 1.66. The molecule has 0 unspecified atom stereocenters. The summed E-state index contributed by atoms with van der Waals surface area (Å²) in [6, 6.07) is 9.85. The molecule has 0 heterocycles. The molecule has 11 heavy (non-hydrogen) atoms. The fourth-order valence-electron chi connectivity index (χ4n) is 0.694. The van der Waals surface area contributed by atoms with E-state index in [4.69, 9.17) is 11.6 Å². The van der Waals surface area contributed by atoms with Gasteiger partial charge >= 0.3 is 0 Å². The van der Waals surface area contributed by atoms with Crippen LogP contribution >= 0.6 is 43.5 Å². The molecule has 0 fully saturated rings. The van der Waals surface area contributed by atoms with Crippen molar-refractivity contribution in [3.63, 3.8) is 0 Å². The average molecular weight is 296 g/mol. The Morgan fingerprint density at radius 3 is 2.09 bits per heavy atom. The molecule has 0 aliphatic heterocycles. The Bertz CT molecular complexity index is 263. The molecule has 0 nitrogen and oxygen atoms in total. The Labute approximate surface area is 87.5 Å². The summed E-state index contributed by atoms with van der Waals surface area (Å²) in [5.74, 6) is 0. The first kappa shape index (κ1) is 9.30. The second kappa shape index (κ2) is 4.29. The number of hydrogen-bond donors (Lipinski definition) is 0. The third kappa shape index (κ3) is 2.62. The van der Waals surface area contributed by atoms with E-state index in [0.29, 0.717) is 3.94 Å². The fraction of sp³-hybridized carbons (Fsp3) is 0. The summed E-state index contributed by atoms with van der Waals surface area (Å²) in [5.41, 5.74) is 1.06. The zero-order valence-corrected chi connectivity index (χ0v) is 9.45. The van der Waals surface area contributed by atoms with Crippen molar-refractivity contribution in [1.29, 1.82) is 0 Å². The van der Waals surface area contributed by atoms with Crippen molar-refractivity contribution in [3.05, 3.63) is 39.8 Å². The summed E-state index contributed by atoms with van der Waals surface area (Å²) < 4.78 is 1.46. The maximum Gasteiger partial charge on any atom is 0.0981 e. The van der Waals surface area contributed by atoms with Crippen LogP contribution in [0.1, 0.15) is 5.56 Å². The van der Waals surface area contributed by atoms with Crippen LogP contribution in [0.3, 0.4) is 0 Å². The number of halogens is 3. The fourth-order valence-corrected chi connectivity index (χ4v) is 1.30. The van der Waals surface area contributed by atoms with Gasteiger partial charge in [0.15, 0.2) is 0 Å². The van der Waals surface area contributed by atoms with E-state index in [1.165, 1.54) is 0 Å². The Balaban J connectivity index is 3.04. The van der Waals surface area contributed by atoms with Crippen molar-refractivity contribution < 1.29 is 0 Å². The second-order valence-electron chi connectivity index (χ2n) is 1.94. The maximum atomic E-state index is 5.71. The molecule has 0 saturated carbocycles. The first-order valence-electron chi connectivity index (χ1n) is 2.98. The quantitative estimate of drug-likeness (QED) is 0.723. The first-order valence-corrected chi connectivity index (χ1v) is 4.94. The highest BCUT2D eigenvalue weighted by Gasteiger charge is 1.99. The van der Waals surface area contributed by atoms with Gasteiger partial charge in [-0.1, -0.05) is 41.9 Å². The maximum absolute atomic E-state index is 5.71. The molecular formula is C8H5Br2Cl. The molecule has 0 saturated heterocycles. The van der Waals surface area contributed by atoms with E-state index in [0.717, 1.165) is 10.0 Å². The van der Waals surface area contributed by atoms with Gasteiger partial charge in [-0.25, -0.2) is 0 Å². The van der Waals surface area contributed by atoms with Gasteiger partial charge in [-0.3, -0.25) is 0 Å². The molecule has 0 bridgehead atoms. The first-order chi connectivity index (χ1) is 5.22. The number of rotatable bonds is 1. The van der Waals surface area contributed by atoms with Crippen LogP contribution < -0.4 is 0 Å². The lowest BCUT2D eigenvalue weighted by Crippen LogP contribution is -1.73. The van der Waals surface area contributed by atoms with Gasteiger partial charge < -0.3 is 0 Å². The zero-order chi connectivity index (χ0) is 8.27. The van der Waals surface area contributed by atoms with Crippen molar-refractivity contribution >= 4 is 47.9 Å². The molecular weight excluding hydrogens is 291 g/mol. The molecule has 0 radical (unpaired) electrons. The average Bonchev–Trinajstić information content (AvgIpc) is 2.05. The normalized spacial score (nSPS) is 12.6. The minimum Gasteiger partial charge on any atom is -0.0749 e. The van der Waals surface area contributed by atoms with Crippen LogP contribution in [-0.2, 0) is 0 Å². The van der Waals surface area contributed by atoms with E-state index in [1.807, 2.05) is 30.3 Å². The van der Waals surface area contributed by atoms with Crippen molar-refractivity contribution in [2.75, 3.05) is 0 Å². The SMILES string of the molecule is Cl/C(Br)=C(/Br)c1ccccc1. The largest absolute Gasteiger partial charge is 0.0981 e. The summed E-state index contributed by atoms with van der Waals surface area (Å²) in [7, 11) is 0. The number of hydrogen-bond acceptors (Lipinski definition) is 0. The van der Waals surface area contributed by atoms with E-state index < -0.39 is 0 Å². The van der Waals surface area contributed by atoms with Crippen molar-refractivity contribution in [2.45, 2.75) is 0 Å². The van der Waals surface area contributed by atoms with Crippen LogP contribution in [0.2, 0.25) is 0 Å². The highest BCUT2D eigenvalue weighted by molar-refractivity contribution is 9.17. The summed E-state index contributed by atoms with van der Waals surface area (Å²) in [5, 5.41) is 0. The van der Waals surface area contributed by atoms with Gasteiger partial charge in [-0.15, -0.1) is 0 Å². The summed E-state index contributed by atoms with van der Waals surface area (Å²) >= 11 is 12.2. The van der Waals surface area contributed by atoms with E-state index in [1.54, 1.807) is 0 Å². The minimum atomic E-state index is 0.587. The third-order valence-corrected chi connectivity index (χ3v) is 3.39. The second-order valence-corrected chi connectivity index (χ2v) is 4.36. The van der Waals surface area contributed by atoms with Crippen LogP contribution in [0.5, 0.6) is 0 Å². The van der Waals surface area contributed by atoms with Gasteiger partial charge in [0, 0.05) is 0 Å². The lowest BCUT2D eigenvalue weighted by Gasteiger charge is -1.97. The van der Waals surface area contributed by atoms with Gasteiger partial charge in [0.05, 0.1) is 8.42 Å². The Hall–Kier alpha value is 0.210. The minimum absolute atomic E-state index is 0.587. The van der Waals surface area contributed by atoms with E-state index in [9.17, 15) is 0 Å². The van der Waals surface area contributed by atoms with Crippen LogP contribution in [0.15, 0.2) is 34.3 Å². The van der Waals surface area contributed by atoms with Gasteiger partial charge in [0.25, 0.3) is 0 Å². The van der Waals surface area contributed by atoms with E-state index in [2.05, 4.69) is 31.9 Å². The van der Waals surface area contributed by atoms with Gasteiger partial charge in [-0.2, -0.15) is 0 Å². The van der Waals surface area contributed by atoms with Crippen LogP contribution in [0, 0.1) is 0 Å². The van der Waals surface area contributed by atoms with Gasteiger partial charge in [-0.05, 0) is 37.4 Å². The predicted octanol–water partition coefficient (Wildman–Crippen LogP) is 4.34. The lowest BCUT2D eigenvalue weighted by atomic mass is 10.2. The Kier molecular flexibility index (Phi) is 3.63. The monoisotopic (exact) mass is 294 g/mol. The molecule has 0 atom stereocenters. The molecule has 3 heteroatoms. The molecule has 0 aliphatic rings.